The lowest BCUT2D eigenvalue weighted by Gasteiger charge is -2.28. The second-order valence-electron chi connectivity index (χ2n) is 8.10. The van der Waals surface area contributed by atoms with E-state index in [-0.39, 0.29) is 24.7 Å². The smallest absolute Gasteiger partial charge is 0.342 e. The molecular formula is C21H33N4O5P. The van der Waals surface area contributed by atoms with Crippen LogP contribution < -0.4 is 16.0 Å². The van der Waals surface area contributed by atoms with E-state index < -0.39 is 31.4 Å². The van der Waals surface area contributed by atoms with Crippen LogP contribution in [0.15, 0.2) is 30.5 Å². The Balaban J connectivity index is 2.23. The van der Waals surface area contributed by atoms with E-state index in [9.17, 15) is 23.9 Å². The lowest BCUT2D eigenvalue weighted by atomic mass is 10.0. The normalized spacial score (nSPS) is 14.9. The molecule has 1 aromatic heterocycles. The van der Waals surface area contributed by atoms with Gasteiger partial charge in [0.15, 0.2) is 0 Å². The molecule has 10 heteroatoms. The van der Waals surface area contributed by atoms with E-state index in [1.165, 1.54) is 7.05 Å². The van der Waals surface area contributed by atoms with Gasteiger partial charge in [0.05, 0.1) is 6.04 Å². The fraction of sp³-hybridized carbons (Fsp3) is 0.524. The Bertz CT molecular complexity index is 939. The maximum absolute atomic E-state index is 13.1. The molecule has 0 fully saturated rings. The summed E-state index contributed by atoms with van der Waals surface area (Å²) in [6.45, 7) is 5.48. The molecule has 2 aromatic rings. The van der Waals surface area contributed by atoms with Crippen molar-refractivity contribution in [1.29, 1.82) is 0 Å². The average molecular weight is 452 g/mol. The van der Waals surface area contributed by atoms with Crippen molar-refractivity contribution in [2.45, 2.75) is 57.9 Å². The van der Waals surface area contributed by atoms with E-state index in [2.05, 4.69) is 20.9 Å². The largest absolute Gasteiger partial charge is 0.361 e. The van der Waals surface area contributed by atoms with E-state index in [4.69, 9.17) is 0 Å². The number of hydrogen-bond acceptors (Lipinski definition) is 4. The number of para-hydroxylation sites is 1. The van der Waals surface area contributed by atoms with Crippen molar-refractivity contribution in [3.8, 4) is 0 Å². The van der Waals surface area contributed by atoms with Gasteiger partial charge in [-0.15, -0.1) is 0 Å². The van der Waals surface area contributed by atoms with Gasteiger partial charge in [-0.3, -0.25) is 19.5 Å². The molecule has 2 rings (SSSR count). The summed E-state index contributed by atoms with van der Waals surface area (Å²) in [5.41, 5.74) is 1.82. The molecule has 172 valence electrons. The number of rotatable bonds is 11. The zero-order valence-corrected chi connectivity index (χ0v) is 19.3. The Kier molecular flexibility index (Phi) is 8.82. The lowest BCUT2D eigenvalue weighted by Crippen LogP contribution is -2.55. The highest BCUT2D eigenvalue weighted by molar-refractivity contribution is 7.52. The van der Waals surface area contributed by atoms with E-state index >= 15 is 0 Å². The Morgan fingerprint density at radius 1 is 1.13 bits per heavy atom. The zero-order chi connectivity index (χ0) is 23.2. The first-order valence-corrected chi connectivity index (χ1v) is 12.1. The molecule has 0 radical (unpaired) electrons. The molecular weight excluding hydrogens is 419 g/mol. The average Bonchev–Trinajstić information content (AvgIpc) is 3.11. The van der Waals surface area contributed by atoms with Crippen molar-refractivity contribution >= 4 is 30.3 Å². The molecule has 0 unspecified atom stereocenters. The SMILES string of the molecule is CC[C@H](N[C@@H](CC(C)C)C(=O)N[C@@H](Cc1c[nH]c2ccccc12)C(=O)NC)P(=O)(O)O. The monoisotopic (exact) mass is 452 g/mol. The second-order valence-corrected chi connectivity index (χ2v) is 9.90. The van der Waals surface area contributed by atoms with Crippen molar-refractivity contribution < 1.29 is 23.9 Å². The van der Waals surface area contributed by atoms with Gasteiger partial charge in [-0.1, -0.05) is 39.0 Å². The molecule has 0 aliphatic heterocycles. The van der Waals surface area contributed by atoms with Crippen LogP contribution in [0.5, 0.6) is 0 Å². The Hall–Kier alpha value is -2.19. The van der Waals surface area contributed by atoms with Crippen LogP contribution in [-0.2, 0) is 20.6 Å². The number of nitrogens with one attached hydrogen (secondary N) is 4. The van der Waals surface area contributed by atoms with Crippen molar-refractivity contribution in [1.82, 2.24) is 20.9 Å². The Labute approximate surface area is 182 Å². The van der Waals surface area contributed by atoms with Crippen LogP contribution >= 0.6 is 7.60 Å². The van der Waals surface area contributed by atoms with Gasteiger partial charge in [0.25, 0.3) is 0 Å². The molecule has 6 N–H and O–H groups in total. The molecule has 0 aliphatic carbocycles. The summed E-state index contributed by atoms with van der Waals surface area (Å²) < 4.78 is 11.8. The number of carbonyl (C=O) groups excluding carboxylic acids is 2. The third-order valence-corrected chi connectivity index (χ3v) is 6.51. The summed E-state index contributed by atoms with van der Waals surface area (Å²) >= 11 is 0. The number of carbonyl (C=O) groups is 2. The fourth-order valence-corrected chi connectivity index (χ4v) is 4.43. The molecule has 1 aromatic carbocycles. The van der Waals surface area contributed by atoms with Gasteiger partial charge in [-0.05, 0) is 30.4 Å². The Morgan fingerprint density at radius 2 is 1.81 bits per heavy atom. The van der Waals surface area contributed by atoms with Gasteiger partial charge >= 0.3 is 7.60 Å². The molecule has 9 nitrogen and oxygen atoms in total. The zero-order valence-electron chi connectivity index (χ0n) is 18.4. The van der Waals surface area contributed by atoms with Crippen molar-refractivity contribution in [3.63, 3.8) is 0 Å². The first-order valence-electron chi connectivity index (χ1n) is 10.4. The van der Waals surface area contributed by atoms with Crippen LogP contribution in [0.3, 0.4) is 0 Å². The Morgan fingerprint density at radius 3 is 2.39 bits per heavy atom. The highest BCUT2D eigenvalue weighted by atomic mass is 31.2. The van der Waals surface area contributed by atoms with Crippen molar-refractivity contribution in [3.05, 3.63) is 36.0 Å². The van der Waals surface area contributed by atoms with Crippen LogP contribution in [-0.4, -0.2) is 51.5 Å². The summed E-state index contributed by atoms with van der Waals surface area (Å²) in [5, 5.41) is 9.14. The van der Waals surface area contributed by atoms with Gasteiger partial charge in [0.1, 0.15) is 11.8 Å². The minimum absolute atomic E-state index is 0.101. The highest BCUT2D eigenvalue weighted by Crippen LogP contribution is 2.41. The number of fused-ring (bicyclic) bond motifs is 1. The van der Waals surface area contributed by atoms with Gasteiger partial charge < -0.3 is 25.4 Å². The molecule has 0 saturated carbocycles. The fourth-order valence-electron chi connectivity index (χ4n) is 3.58. The standard InChI is InChI=1S/C21H33N4O5P/c1-5-19(31(28,29)30)24-17(10-13(2)3)21(27)25-18(20(26)22-4)11-14-12-23-16-9-7-6-8-15(14)16/h6-9,12-13,17-19,23-24H,5,10-11H2,1-4H3,(H,22,26)(H,25,27)(H2,28,29,30)/t17-,18-,19+/m0/s1. The predicted molar refractivity (Wildman–Crippen MR) is 121 cm³/mol. The minimum Gasteiger partial charge on any atom is -0.361 e. The third kappa shape index (κ3) is 6.90. The number of amides is 2. The lowest BCUT2D eigenvalue weighted by molar-refractivity contribution is -0.130. The molecule has 0 spiro atoms. The van der Waals surface area contributed by atoms with E-state index in [0.717, 1.165) is 16.5 Å². The van der Waals surface area contributed by atoms with Gasteiger partial charge in [-0.2, -0.15) is 0 Å². The molecule has 2 amide bonds. The summed E-state index contributed by atoms with van der Waals surface area (Å²) in [4.78, 5) is 47.9. The maximum Gasteiger partial charge on any atom is 0.342 e. The summed E-state index contributed by atoms with van der Waals surface area (Å²) in [5.74, 6) is -1.84. The van der Waals surface area contributed by atoms with E-state index in [1.807, 2.05) is 44.3 Å². The van der Waals surface area contributed by atoms with Gasteiger partial charge in [0.2, 0.25) is 11.8 Å². The number of aromatic nitrogens is 1. The molecule has 31 heavy (non-hydrogen) atoms. The summed E-state index contributed by atoms with van der Waals surface area (Å²) in [7, 11) is -2.92. The molecule has 0 saturated heterocycles. The first-order chi connectivity index (χ1) is 14.6. The first kappa shape index (κ1) is 25.1. The second kappa shape index (κ2) is 10.9. The topological polar surface area (TPSA) is 144 Å². The quantitative estimate of drug-likeness (QED) is 0.287. The van der Waals surface area contributed by atoms with Crippen LogP contribution in [0.2, 0.25) is 0 Å². The van der Waals surface area contributed by atoms with E-state index in [0.29, 0.717) is 6.42 Å². The van der Waals surface area contributed by atoms with E-state index in [1.54, 1.807) is 6.92 Å². The third-order valence-electron chi connectivity index (χ3n) is 5.19. The molecule has 0 bridgehead atoms. The number of aromatic amines is 1. The van der Waals surface area contributed by atoms with Crippen LogP contribution in [0.1, 0.15) is 39.2 Å². The number of benzene rings is 1. The molecule has 0 aliphatic rings. The highest BCUT2D eigenvalue weighted by Gasteiger charge is 2.33. The molecule has 3 atom stereocenters. The number of H-pyrrole nitrogens is 1. The van der Waals surface area contributed by atoms with Crippen molar-refractivity contribution in [2.24, 2.45) is 5.92 Å². The molecule has 1 heterocycles. The van der Waals surface area contributed by atoms with Crippen LogP contribution in [0.25, 0.3) is 10.9 Å². The maximum atomic E-state index is 13.1. The number of hydrogen-bond donors (Lipinski definition) is 6. The van der Waals surface area contributed by atoms with Crippen LogP contribution in [0.4, 0.5) is 0 Å². The minimum atomic E-state index is -4.42. The van der Waals surface area contributed by atoms with Crippen LogP contribution in [0, 0.1) is 5.92 Å². The van der Waals surface area contributed by atoms with Crippen molar-refractivity contribution in [2.75, 3.05) is 7.05 Å². The van der Waals surface area contributed by atoms with Gasteiger partial charge in [0, 0.05) is 30.6 Å². The van der Waals surface area contributed by atoms with Gasteiger partial charge in [-0.25, -0.2) is 0 Å². The number of likely N-dealkylation sites (N-methyl/N-ethyl adjacent to an activating group) is 1. The summed E-state index contributed by atoms with van der Waals surface area (Å²) in [6, 6.07) is 6.02. The summed E-state index contributed by atoms with van der Waals surface area (Å²) in [6.07, 6.45) is 2.63. The predicted octanol–water partition coefficient (Wildman–Crippen LogP) is 1.86.